The Bertz CT molecular complexity index is 566. The minimum absolute atomic E-state index is 0.274. The Morgan fingerprint density at radius 2 is 2.16 bits per heavy atom. The highest BCUT2D eigenvalue weighted by Crippen LogP contribution is 2.26. The van der Waals surface area contributed by atoms with Gasteiger partial charge in [0.2, 0.25) is 0 Å². The summed E-state index contributed by atoms with van der Waals surface area (Å²) in [5, 5.41) is 4.35. The predicted octanol–water partition coefficient (Wildman–Crippen LogP) is 2.13. The Morgan fingerprint density at radius 1 is 1.37 bits per heavy atom. The van der Waals surface area contributed by atoms with E-state index in [-0.39, 0.29) is 11.6 Å². The van der Waals surface area contributed by atoms with E-state index in [1.807, 2.05) is 26.1 Å². The molecule has 0 spiro atoms. The van der Waals surface area contributed by atoms with Crippen molar-refractivity contribution in [3.8, 4) is 17.0 Å². The van der Waals surface area contributed by atoms with E-state index in [9.17, 15) is 4.39 Å². The zero-order valence-corrected chi connectivity index (χ0v) is 11.2. The van der Waals surface area contributed by atoms with Crippen molar-refractivity contribution in [2.24, 2.45) is 12.8 Å². The van der Waals surface area contributed by atoms with Crippen LogP contribution < -0.4 is 10.5 Å². The van der Waals surface area contributed by atoms with Gasteiger partial charge in [0, 0.05) is 19.0 Å². The van der Waals surface area contributed by atoms with Crippen molar-refractivity contribution in [1.29, 1.82) is 0 Å². The Balaban J connectivity index is 2.33. The van der Waals surface area contributed by atoms with Crippen molar-refractivity contribution in [3.05, 3.63) is 35.8 Å². The number of nitrogens with zero attached hydrogens (tertiary/aromatic N) is 2. The lowest BCUT2D eigenvalue weighted by molar-refractivity contribution is 0.321. The lowest BCUT2D eigenvalue weighted by atomic mass is 10.1. The van der Waals surface area contributed by atoms with E-state index in [0.29, 0.717) is 19.6 Å². The number of aromatic nitrogens is 2. The number of rotatable bonds is 5. The molecule has 0 aliphatic heterocycles. The quantitative estimate of drug-likeness (QED) is 0.899. The predicted molar refractivity (Wildman–Crippen MR) is 72.5 cm³/mol. The highest BCUT2D eigenvalue weighted by molar-refractivity contribution is 5.61. The van der Waals surface area contributed by atoms with Crippen molar-refractivity contribution in [2.75, 3.05) is 13.2 Å². The summed E-state index contributed by atoms with van der Waals surface area (Å²) >= 11 is 0. The van der Waals surface area contributed by atoms with Crippen LogP contribution >= 0.6 is 0 Å². The lowest BCUT2D eigenvalue weighted by Crippen LogP contribution is -2.03. The number of hydrogen-bond donors (Lipinski definition) is 1. The largest absolute Gasteiger partial charge is 0.491 e. The van der Waals surface area contributed by atoms with Crippen LogP contribution in [0.5, 0.6) is 5.75 Å². The van der Waals surface area contributed by atoms with Crippen molar-refractivity contribution in [1.82, 2.24) is 9.78 Å². The summed E-state index contributed by atoms with van der Waals surface area (Å²) in [5.41, 5.74) is 8.06. The minimum atomic E-state index is -0.360. The summed E-state index contributed by atoms with van der Waals surface area (Å²) in [6.07, 6.45) is 0.716. The van der Waals surface area contributed by atoms with Crippen LogP contribution in [0.1, 0.15) is 12.6 Å². The Morgan fingerprint density at radius 3 is 2.79 bits per heavy atom. The molecule has 0 amide bonds. The molecular formula is C14H18FN3O. The minimum Gasteiger partial charge on any atom is -0.491 e. The molecule has 102 valence electrons. The zero-order chi connectivity index (χ0) is 13.8. The average molecular weight is 263 g/mol. The van der Waals surface area contributed by atoms with Crippen LogP contribution in [-0.4, -0.2) is 22.9 Å². The van der Waals surface area contributed by atoms with Crippen LogP contribution in [0.25, 0.3) is 11.3 Å². The fourth-order valence-electron chi connectivity index (χ4n) is 2.00. The maximum atomic E-state index is 13.8. The normalized spacial score (nSPS) is 10.7. The van der Waals surface area contributed by atoms with Crippen molar-refractivity contribution in [3.63, 3.8) is 0 Å². The molecule has 1 heterocycles. The molecule has 0 bridgehead atoms. The molecule has 0 aliphatic carbocycles. The summed E-state index contributed by atoms with van der Waals surface area (Å²) in [5.74, 6) is -0.0866. The number of hydrogen-bond acceptors (Lipinski definition) is 3. The van der Waals surface area contributed by atoms with Gasteiger partial charge in [-0.05, 0) is 37.7 Å². The Labute approximate surface area is 112 Å². The highest BCUT2D eigenvalue weighted by atomic mass is 19.1. The lowest BCUT2D eigenvalue weighted by Gasteiger charge is -2.07. The van der Waals surface area contributed by atoms with Gasteiger partial charge in [-0.15, -0.1) is 0 Å². The third-order valence-corrected chi connectivity index (χ3v) is 2.86. The monoisotopic (exact) mass is 263 g/mol. The molecule has 1 aromatic heterocycles. The summed E-state index contributed by atoms with van der Waals surface area (Å²) in [6, 6.07) is 6.87. The topological polar surface area (TPSA) is 53.1 Å². The molecule has 1 aromatic carbocycles. The molecular weight excluding hydrogens is 245 g/mol. The van der Waals surface area contributed by atoms with Gasteiger partial charge in [0.1, 0.15) is 0 Å². The molecule has 0 aliphatic rings. The maximum absolute atomic E-state index is 13.8. The smallest absolute Gasteiger partial charge is 0.165 e. The standard InChI is InChI=1S/C14H18FN3O/c1-3-19-14-5-4-10(8-12(14)15)13-9-11(6-7-16)17-18(13)2/h4-5,8-9H,3,6-7,16H2,1-2H3. The number of ether oxygens (including phenoxy) is 1. The van der Waals surface area contributed by atoms with Crippen LogP contribution in [0.15, 0.2) is 24.3 Å². The van der Waals surface area contributed by atoms with Gasteiger partial charge in [0.05, 0.1) is 18.0 Å². The van der Waals surface area contributed by atoms with E-state index >= 15 is 0 Å². The maximum Gasteiger partial charge on any atom is 0.165 e. The fourth-order valence-corrected chi connectivity index (χ4v) is 2.00. The summed E-state index contributed by atoms with van der Waals surface area (Å²) in [7, 11) is 1.84. The van der Waals surface area contributed by atoms with Crippen LogP contribution in [-0.2, 0) is 13.5 Å². The second-order valence-corrected chi connectivity index (χ2v) is 4.26. The van der Waals surface area contributed by atoms with E-state index in [1.165, 1.54) is 6.07 Å². The van der Waals surface area contributed by atoms with Crippen LogP contribution in [0.4, 0.5) is 4.39 Å². The number of aryl methyl sites for hydroxylation is 1. The molecule has 0 unspecified atom stereocenters. The third kappa shape index (κ3) is 2.93. The number of nitrogens with two attached hydrogens (primary N) is 1. The average Bonchev–Trinajstić information content (AvgIpc) is 2.74. The first-order valence-electron chi connectivity index (χ1n) is 6.31. The molecule has 0 atom stereocenters. The highest BCUT2D eigenvalue weighted by Gasteiger charge is 2.10. The second kappa shape index (κ2) is 5.84. The van der Waals surface area contributed by atoms with Gasteiger partial charge in [-0.2, -0.15) is 5.10 Å². The zero-order valence-electron chi connectivity index (χ0n) is 11.2. The van der Waals surface area contributed by atoms with E-state index in [1.54, 1.807) is 10.7 Å². The van der Waals surface area contributed by atoms with Crippen LogP contribution in [0, 0.1) is 5.82 Å². The van der Waals surface area contributed by atoms with Gasteiger partial charge in [-0.25, -0.2) is 4.39 Å². The van der Waals surface area contributed by atoms with Crippen molar-refractivity contribution in [2.45, 2.75) is 13.3 Å². The van der Waals surface area contributed by atoms with Gasteiger partial charge < -0.3 is 10.5 Å². The molecule has 2 aromatic rings. The van der Waals surface area contributed by atoms with Crippen LogP contribution in [0.3, 0.4) is 0 Å². The van der Waals surface area contributed by atoms with Gasteiger partial charge in [-0.1, -0.05) is 0 Å². The molecule has 0 saturated carbocycles. The first-order valence-corrected chi connectivity index (χ1v) is 6.31. The molecule has 19 heavy (non-hydrogen) atoms. The molecule has 0 saturated heterocycles. The van der Waals surface area contributed by atoms with E-state index in [2.05, 4.69) is 5.10 Å². The molecule has 2 N–H and O–H groups in total. The van der Waals surface area contributed by atoms with Crippen molar-refractivity contribution < 1.29 is 9.13 Å². The van der Waals surface area contributed by atoms with Crippen molar-refractivity contribution >= 4 is 0 Å². The molecule has 0 fully saturated rings. The number of benzene rings is 1. The fraction of sp³-hybridized carbons (Fsp3) is 0.357. The number of halogens is 1. The van der Waals surface area contributed by atoms with Crippen LogP contribution in [0.2, 0.25) is 0 Å². The van der Waals surface area contributed by atoms with E-state index < -0.39 is 0 Å². The molecule has 2 rings (SSSR count). The molecule has 4 nitrogen and oxygen atoms in total. The first kappa shape index (κ1) is 13.5. The SMILES string of the molecule is CCOc1ccc(-c2cc(CCN)nn2C)cc1F. The first-order chi connectivity index (χ1) is 9.15. The summed E-state index contributed by atoms with van der Waals surface area (Å²) < 4.78 is 20.8. The molecule has 5 heteroatoms. The van der Waals surface area contributed by atoms with E-state index in [0.717, 1.165) is 17.0 Å². The summed E-state index contributed by atoms with van der Waals surface area (Å²) in [4.78, 5) is 0. The van der Waals surface area contributed by atoms with Gasteiger partial charge in [-0.3, -0.25) is 4.68 Å². The second-order valence-electron chi connectivity index (χ2n) is 4.26. The van der Waals surface area contributed by atoms with E-state index in [4.69, 9.17) is 10.5 Å². The van der Waals surface area contributed by atoms with Gasteiger partial charge >= 0.3 is 0 Å². The molecule has 0 radical (unpaired) electrons. The third-order valence-electron chi connectivity index (χ3n) is 2.86. The Hall–Kier alpha value is -1.88. The Kier molecular flexibility index (Phi) is 4.16. The van der Waals surface area contributed by atoms with Gasteiger partial charge in [0.25, 0.3) is 0 Å². The van der Waals surface area contributed by atoms with Gasteiger partial charge in [0.15, 0.2) is 11.6 Å². The summed E-state index contributed by atoms with van der Waals surface area (Å²) in [6.45, 7) is 2.82.